The van der Waals surface area contributed by atoms with E-state index in [1.165, 1.54) is 5.56 Å². The molecule has 0 fully saturated rings. The molecule has 0 bridgehead atoms. The van der Waals surface area contributed by atoms with Gasteiger partial charge >= 0.3 is 0 Å². The molecule has 1 aliphatic heterocycles. The zero-order valence-electron chi connectivity index (χ0n) is 15.5. The highest BCUT2D eigenvalue weighted by molar-refractivity contribution is 6.04. The maximum atomic E-state index is 12.7. The molecular formula is C22H22N4O. The van der Waals surface area contributed by atoms with Crippen molar-refractivity contribution in [3.8, 4) is 0 Å². The van der Waals surface area contributed by atoms with Crippen LogP contribution >= 0.6 is 0 Å². The summed E-state index contributed by atoms with van der Waals surface area (Å²) in [7, 11) is 0. The molecule has 0 unspecified atom stereocenters. The summed E-state index contributed by atoms with van der Waals surface area (Å²) < 4.78 is 0. The molecule has 0 spiro atoms. The summed E-state index contributed by atoms with van der Waals surface area (Å²) in [6, 6.07) is 15.7. The van der Waals surface area contributed by atoms with Gasteiger partial charge in [0.25, 0.3) is 5.91 Å². The van der Waals surface area contributed by atoms with Crippen LogP contribution in [0.5, 0.6) is 0 Å². The normalized spacial score (nSPS) is 12.9. The molecule has 0 saturated carbocycles. The Morgan fingerprint density at radius 3 is 2.78 bits per heavy atom. The van der Waals surface area contributed by atoms with Gasteiger partial charge in [0.15, 0.2) is 0 Å². The summed E-state index contributed by atoms with van der Waals surface area (Å²) >= 11 is 0. The predicted molar refractivity (Wildman–Crippen MR) is 107 cm³/mol. The topological polar surface area (TPSA) is 58.1 Å². The van der Waals surface area contributed by atoms with E-state index in [4.69, 9.17) is 0 Å². The highest BCUT2D eigenvalue weighted by Gasteiger charge is 2.21. The largest absolute Gasteiger partial charge is 0.361 e. The third-order valence-electron chi connectivity index (χ3n) is 4.87. The van der Waals surface area contributed by atoms with E-state index in [-0.39, 0.29) is 5.91 Å². The highest BCUT2D eigenvalue weighted by atomic mass is 16.1. The fourth-order valence-electron chi connectivity index (χ4n) is 3.31. The first-order chi connectivity index (χ1) is 13.1. The van der Waals surface area contributed by atoms with Crippen LogP contribution in [0.2, 0.25) is 0 Å². The van der Waals surface area contributed by atoms with Crippen molar-refractivity contribution >= 4 is 17.3 Å². The molecule has 4 rings (SSSR count). The Labute approximate surface area is 159 Å². The fraction of sp³-hybridized carbons (Fsp3) is 0.227. The fourth-order valence-corrected chi connectivity index (χ4v) is 3.31. The van der Waals surface area contributed by atoms with Crippen molar-refractivity contribution in [1.82, 2.24) is 9.97 Å². The van der Waals surface area contributed by atoms with Gasteiger partial charge < -0.3 is 10.2 Å². The monoisotopic (exact) mass is 358 g/mol. The van der Waals surface area contributed by atoms with Crippen LogP contribution in [0.4, 0.5) is 11.4 Å². The lowest BCUT2D eigenvalue weighted by atomic mass is 10.0. The van der Waals surface area contributed by atoms with Crippen molar-refractivity contribution < 1.29 is 4.79 Å². The van der Waals surface area contributed by atoms with Crippen LogP contribution in [0.15, 0.2) is 61.1 Å². The maximum Gasteiger partial charge on any atom is 0.255 e. The molecule has 1 N–H and O–H groups in total. The second-order valence-corrected chi connectivity index (χ2v) is 7.14. The lowest BCUT2D eigenvalue weighted by Gasteiger charge is -2.18. The molecular weight excluding hydrogens is 336 g/mol. The minimum Gasteiger partial charge on any atom is -0.361 e. The molecule has 1 aromatic heterocycles. The summed E-state index contributed by atoms with van der Waals surface area (Å²) in [6.45, 7) is 5.78. The molecule has 136 valence electrons. The van der Waals surface area contributed by atoms with E-state index in [1.807, 2.05) is 48.7 Å². The van der Waals surface area contributed by atoms with Crippen LogP contribution in [-0.4, -0.2) is 15.9 Å². The molecule has 1 aliphatic rings. The molecule has 3 aromatic rings. The van der Waals surface area contributed by atoms with Crippen molar-refractivity contribution in [3.63, 3.8) is 0 Å². The molecule has 0 radical (unpaired) electrons. The average Bonchev–Trinajstić information content (AvgIpc) is 3.12. The van der Waals surface area contributed by atoms with E-state index in [0.717, 1.165) is 35.7 Å². The number of benzene rings is 2. The Bertz CT molecular complexity index is 958. The lowest BCUT2D eigenvalue weighted by Crippen LogP contribution is -2.17. The summed E-state index contributed by atoms with van der Waals surface area (Å²) in [5, 5.41) is 3.01. The van der Waals surface area contributed by atoms with Gasteiger partial charge in [0.05, 0.1) is 12.2 Å². The Morgan fingerprint density at radius 2 is 1.96 bits per heavy atom. The van der Waals surface area contributed by atoms with Crippen LogP contribution in [0.25, 0.3) is 0 Å². The minimum absolute atomic E-state index is 0.103. The molecule has 27 heavy (non-hydrogen) atoms. The number of amides is 1. The quantitative estimate of drug-likeness (QED) is 0.752. The summed E-state index contributed by atoms with van der Waals surface area (Å²) in [4.78, 5) is 23.4. The Morgan fingerprint density at radius 1 is 1.11 bits per heavy atom. The maximum absolute atomic E-state index is 12.7. The van der Waals surface area contributed by atoms with Gasteiger partial charge in [-0.3, -0.25) is 4.79 Å². The third-order valence-corrected chi connectivity index (χ3v) is 4.87. The molecule has 5 nitrogen and oxygen atoms in total. The van der Waals surface area contributed by atoms with Gasteiger partial charge in [-0.15, -0.1) is 0 Å². The van der Waals surface area contributed by atoms with Gasteiger partial charge in [0.2, 0.25) is 0 Å². The van der Waals surface area contributed by atoms with Gasteiger partial charge in [-0.25, -0.2) is 9.97 Å². The van der Waals surface area contributed by atoms with Crippen LogP contribution < -0.4 is 10.2 Å². The zero-order chi connectivity index (χ0) is 18.8. The van der Waals surface area contributed by atoms with E-state index < -0.39 is 0 Å². The molecule has 0 aliphatic carbocycles. The number of carbonyl (C=O) groups excluding carboxylic acids is 1. The van der Waals surface area contributed by atoms with Crippen molar-refractivity contribution in [2.45, 2.75) is 32.9 Å². The van der Waals surface area contributed by atoms with E-state index in [2.05, 4.69) is 40.1 Å². The second kappa shape index (κ2) is 7.19. The Balaban J connectivity index is 1.51. The molecule has 0 saturated heterocycles. The van der Waals surface area contributed by atoms with Crippen LogP contribution in [0.3, 0.4) is 0 Å². The zero-order valence-corrected chi connectivity index (χ0v) is 15.5. The first kappa shape index (κ1) is 17.2. The summed E-state index contributed by atoms with van der Waals surface area (Å²) in [5.41, 5.74) is 5.86. The molecule has 2 heterocycles. The molecule has 5 heteroatoms. The van der Waals surface area contributed by atoms with Crippen molar-refractivity contribution in [2.75, 3.05) is 10.2 Å². The van der Waals surface area contributed by atoms with Crippen molar-refractivity contribution in [1.29, 1.82) is 0 Å². The SMILES string of the molecule is CC(C)c1cccc(NC(=O)c2cccc(N3Cc4cncnc4C3)c2)c1. The molecule has 1 amide bonds. The minimum atomic E-state index is -0.103. The smallest absolute Gasteiger partial charge is 0.255 e. The second-order valence-electron chi connectivity index (χ2n) is 7.14. The third kappa shape index (κ3) is 3.67. The highest BCUT2D eigenvalue weighted by Crippen LogP contribution is 2.27. The number of nitrogens with one attached hydrogen (secondary N) is 1. The van der Waals surface area contributed by atoms with E-state index in [9.17, 15) is 4.79 Å². The number of rotatable bonds is 4. The van der Waals surface area contributed by atoms with Crippen molar-refractivity contribution in [3.05, 3.63) is 83.4 Å². The molecule has 0 atom stereocenters. The van der Waals surface area contributed by atoms with Gasteiger partial charge in [-0.2, -0.15) is 0 Å². The van der Waals surface area contributed by atoms with Crippen LogP contribution in [0.1, 0.15) is 46.9 Å². The van der Waals surface area contributed by atoms with E-state index in [0.29, 0.717) is 11.5 Å². The number of nitrogens with zero attached hydrogens (tertiary/aromatic N) is 3. The number of hydrogen-bond donors (Lipinski definition) is 1. The van der Waals surface area contributed by atoms with Crippen molar-refractivity contribution in [2.24, 2.45) is 0 Å². The van der Waals surface area contributed by atoms with E-state index >= 15 is 0 Å². The number of aromatic nitrogens is 2. The number of anilines is 2. The Kier molecular flexibility index (Phi) is 4.59. The number of hydrogen-bond acceptors (Lipinski definition) is 4. The predicted octanol–water partition coefficient (Wildman–Crippen LogP) is 4.37. The van der Waals surface area contributed by atoms with Gasteiger partial charge in [-0.05, 0) is 41.8 Å². The van der Waals surface area contributed by atoms with E-state index in [1.54, 1.807) is 6.33 Å². The van der Waals surface area contributed by atoms with Gasteiger partial charge in [0.1, 0.15) is 6.33 Å². The van der Waals surface area contributed by atoms with Gasteiger partial charge in [0, 0.05) is 35.2 Å². The van der Waals surface area contributed by atoms with Crippen LogP contribution in [0, 0.1) is 0 Å². The molecule has 2 aromatic carbocycles. The Hall–Kier alpha value is -3.21. The standard InChI is InChI=1S/C22H22N4O/c1-15(2)16-5-3-7-19(9-16)25-22(27)17-6-4-8-20(10-17)26-12-18-11-23-14-24-21(18)13-26/h3-11,14-15H,12-13H2,1-2H3,(H,25,27). The summed E-state index contributed by atoms with van der Waals surface area (Å²) in [5.74, 6) is 0.319. The lowest BCUT2D eigenvalue weighted by molar-refractivity contribution is 0.102. The average molecular weight is 358 g/mol. The first-order valence-corrected chi connectivity index (χ1v) is 9.14. The number of fused-ring (bicyclic) bond motifs is 1. The number of carbonyl (C=O) groups is 1. The van der Waals surface area contributed by atoms with Gasteiger partial charge in [-0.1, -0.05) is 32.0 Å². The first-order valence-electron chi connectivity index (χ1n) is 9.14. The van der Waals surface area contributed by atoms with Crippen LogP contribution in [-0.2, 0) is 13.1 Å². The summed E-state index contributed by atoms with van der Waals surface area (Å²) in [6.07, 6.45) is 3.44.